The third-order valence-electron chi connectivity index (χ3n) is 5.73. The van der Waals surface area contributed by atoms with Crippen molar-refractivity contribution < 1.29 is 24.2 Å². The number of nitrogens with one attached hydrogen (secondary N) is 2. The van der Waals surface area contributed by atoms with Crippen LogP contribution in [-0.4, -0.2) is 42.3 Å². The minimum absolute atomic E-state index is 0.0214. The van der Waals surface area contributed by atoms with E-state index >= 15 is 0 Å². The van der Waals surface area contributed by atoms with Gasteiger partial charge < -0.3 is 20.5 Å². The minimum Gasteiger partial charge on any atom is -0.481 e. The number of carboxylic acids is 1. The average Bonchev–Trinajstić information content (AvgIpc) is 3.10. The number of ether oxygens (including phenoxy) is 1. The van der Waals surface area contributed by atoms with E-state index in [0.29, 0.717) is 12.8 Å². The van der Waals surface area contributed by atoms with Crippen molar-refractivity contribution in [1.82, 2.24) is 10.6 Å². The largest absolute Gasteiger partial charge is 0.481 e. The Kier molecular flexibility index (Phi) is 7.28. The summed E-state index contributed by atoms with van der Waals surface area (Å²) in [5, 5.41) is 14.3. The Balaban J connectivity index is 1.58. The molecule has 0 aromatic heterocycles. The lowest BCUT2D eigenvalue weighted by atomic mass is 9.98. The van der Waals surface area contributed by atoms with E-state index in [1.807, 2.05) is 36.4 Å². The van der Waals surface area contributed by atoms with Gasteiger partial charge in [-0.3, -0.25) is 9.59 Å². The average molecular weight is 424 g/mol. The van der Waals surface area contributed by atoms with Crippen LogP contribution in [0.3, 0.4) is 0 Å². The molecule has 0 fully saturated rings. The zero-order valence-electron chi connectivity index (χ0n) is 17.8. The molecule has 7 nitrogen and oxygen atoms in total. The number of fused-ring (bicyclic) bond motifs is 3. The number of benzene rings is 2. The lowest BCUT2D eigenvalue weighted by molar-refractivity contribution is -0.141. The third-order valence-corrected chi connectivity index (χ3v) is 5.73. The summed E-state index contributed by atoms with van der Waals surface area (Å²) in [4.78, 5) is 35.9. The Bertz CT molecular complexity index is 913. The van der Waals surface area contributed by atoms with Gasteiger partial charge in [-0.2, -0.15) is 0 Å². The Morgan fingerprint density at radius 2 is 1.55 bits per heavy atom. The van der Waals surface area contributed by atoms with Crippen molar-refractivity contribution in [2.45, 2.75) is 38.6 Å². The Morgan fingerprint density at radius 3 is 2.06 bits per heavy atom. The number of rotatable bonds is 9. The van der Waals surface area contributed by atoms with E-state index in [2.05, 4.69) is 22.8 Å². The fourth-order valence-corrected chi connectivity index (χ4v) is 3.89. The van der Waals surface area contributed by atoms with Gasteiger partial charge in [-0.05, 0) is 35.1 Å². The maximum Gasteiger partial charge on any atom is 0.407 e. The molecule has 1 aliphatic rings. The van der Waals surface area contributed by atoms with Crippen LogP contribution in [0.1, 0.15) is 43.7 Å². The third kappa shape index (κ3) is 5.05. The number of aliphatic carboxylic acids is 1. The summed E-state index contributed by atoms with van der Waals surface area (Å²) in [6.45, 7) is 3.70. The van der Waals surface area contributed by atoms with Crippen molar-refractivity contribution in [3.63, 3.8) is 0 Å². The van der Waals surface area contributed by atoms with Gasteiger partial charge in [0.1, 0.15) is 12.6 Å². The van der Waals surface area contributed by atoms with E-state index in [9.17, 15) is 14.4 Å². The van der Waals surface area contributed by atoms with Gasteiger partial charge in [0.25, 0.3) is 0 Å². The van der Waals surface area contributed by atoms with E-state index in [-0.39, 0.29) is 19.1 Å². The maximum atomic E-state index is 12.4. The molecule has 2 aromatic carbocycles. The second-order valence-electron chi connectivity index (χ2n) is 7.62. The van der Waals surface area contributed by atoms with E-state index < -0.39 is 29.9 Å². The molecule has 164 valence electrons. The summed E-state index contributed by atoms with van der Waals surface area (Å²) >= 11 is 0. The Labute approximate surface area is 181 Å². The van der Waals surface area contributed by atoms with E-state index in [4.69, 9.17) is 9.84 Å². The van der Waals surface area contributed by atoms with Crippen LogP contribution in [0.4, 0.5) is 4.79 Å². The lowest BCUT2D eigenvalue weighted by Gasteiger charge is -2.19. The fraction of sp³-hybridized carbons (Fsp3) is 0.375. The molecule has 2 atom stereocenters. The molecule has 2 unspecified atom stereocenters. The normalized spacial score (nSPS) is 14.1. The highest BCUT2D eigenvalue weighted by Gasteiger charge is 2.29. The standard InChI is InChI=1S/C24H28N2O5/c1-3-15(23(28)29)13-25-22(27)21(4-2)26-24(30)31-14-20-18-11-7-5-9-16(18)17-10-6-8-12-19(17)20/h5-12,15,20-21H,3-4,13-14H2,1-2H3,(H,25,27)(H,26,30)(H,28,29). The molecule has 0 saturated carbocycles. The second kappa shape index (κ2) is 10.1. The SMILES string of the molecule is CCC(CNC(=O)C(CC)NC(=O)OCC1c2ccccc2-c2ccccc21)C(=O)O. The molecule has 0 bridgehead atoms. The topological polar surface area (TPSA) is 105 Å². The molecule has 0 heterocycles. The van der Waals surface area contributed by atoms with E-state index in [1.54, 1.807) is 13.8 Å². The highest BCUT2D eigenvalue weighted by Crippen LogP contribution is 2.44. The minimum atomic E-state index is -0.958. The van der Waals surface area contributed by atoms with Gasteiger partial charge >= 0.3 is 12.1 Å². The Morgan fingerprint density at radius 1 is 0.968 bits per heavy atom. The number of carbonyl (C=O) groups is 3. The fourth-order valence-electron chi connectivity index (χ4n) is 3.89. The van der Waals surface area contributed by atoms with Gasteiger partial charge in [-0.15, -0.1) is 0 Å². The van der Waals surface area contributed by atoms with Crippen LogP contribution in [0.2, 0.25) is 0 Å². The molecule has 2 amide bonds. The first-order valence-electron chi connectivity index (χ1n) is 10.6. The molecular weight excluding hydrogens is 396 g/mol. The van der Waals surface area contributed by atoms with Crippen molar-refractivity contribution in [2.75, 3.05) is 13.2 Å². The molecule has 7 heteroatoms. The Hall–Kier alpha value is -3.35. The molecule has 0 saturated heterocycles. The van der Waals surface area contributed by atoms with Gasteiger partial charge in [0.05, 0.1) is 5.92 Å². The summed E-state index contributed by atoms with van der Waals surface area (Å²) < 4.78 is 5.48. The molecular formula is C24H28N2O5. The highest BCUT2D eigenvalue weighted by atomic mass is 16.5. The highest BCUT2D eigenvalue weighted by molar-refractivity contribution is 5.86. The van der Waals surface area contributed by atoms with Crippen LogP contribution >= 0.6 is 0 Å². The molecule has 31 heavy (non-hydrogen) atoms. The summed E-state index contributed by atoms with van der Waals surface area (Å²) in [7, 11) is 0. The summed E-state index contributed by atoms with van der Waals surface area (Å²) in [5.74, 6) is -2.10. The van der Waals surface area contributed by atoms with Crippen molar-refractivity contribution in [3.05, 3.63) is 59.7 Å². The van der Waals surface area contributed by atoms with Crippen LogP contribution in [0.15, 0.2) is 48.5 Å². The number of carboxylic acid groups (broad SMARTS) is 1. The zero-order chi connectivity index (χ0) is 22.4. The van der Waals surface area contributed by atoms with Crippen LogP contribution in [-0.2, 0) is 14.3 Å². The van der Waals surface area contributed by atoms with Gasteiger partial charge in [-0.1, -0.05) is 62.4 Å². The number of amides is 2. The van der Waals surface area contributed by atoms with E-state index in [0.717, 1.165) is 22.3 Å². The quantitative estimate of drug-likeness (QED) is 0.571. The van der Waals surface area contributed by atoms with Gasteiger partial charge in [-0.25, -0.2) is 4.79 Å². The summed E-state index contributed by atoms with van der Waals surface area (Å²) in [6.07, 6.45) is 0.0979. The predicted octanol–water partition coefficient (Wildman–Crippen LogP) is 3.53. The molecule has 0 radical (unpaired) electrons. The smallest absolute Gasteiger partial charge is 0.407 e. The predicted molar refractivity (Wildman–Crippen MR) is 117 cm³/mol. The second-order valence-corrected chi connectivity index (χ2v) is 7.62. The number of hydrogen-bond donors (Lipinski definition) is 3. The number of carbonyl (C=O) groups excluding carboxylic acids is 2. The van der Waals surface area contributed by atoms with Crippen molar-refractivity contribution in [3.8, 4) is 11.1 Å². The van der Waals surface area contributed by atoms with Gasteiger partial charge in [0.15, 0.2) is 0 Å². The molecule has 0 spiro atoms. The first-order chi connectivity index (χ1) is 15.0. The molecule has 0 aliphatic heterocycles. The van der Waals surface area contributed by atoms with Crippen molar-refractivity contribution in [2.24, 2.45) is 5.92 Å². The number of alkyl carbamates (subject to hydrolysis) is 1. The zero-order valence-corrected chi connectivity index (χ0v) is 17.8. The van der Waals surface area contributed by atoms with Crippen molar-refractivity contribution >= 4 is 18.0 Å². The van der Waals surface area contributed by atoms with Crippen LogP contribution in [0.25, 0.3) is 11.1 Å². The number of hydrogen-bond acceptors (Lipinski definition) is 4. The summed E-state index contributed by atoms with van der Waals surface area (Å²) in [6, 6.07) is 15.3. The molecule has 1 aliphatic carbocycles. The summed E-state index contributed by atoms with van der Waals surface area (Å²) in [5.41, 5.74) is 4.50. The molecule has 3 rings (SSSR count). The lowest BCUT2D eigenvalue weighted by Crippen LogP contribution is -2.48. The van der Waals surface area contributed by atoms with Crippen molar-refractivity contribution in [1.29, 1.82) is 0 Å². The van der Waals surface area contributed by atoms with Gasteiger partial charge in [0, 0.05) is 12.5 Å². The molecule has 3 N–H and O–H groups in total. The monoisotopic (exact) mass is 424 g/mol. The molecule has 2 aromatic rings. The van der Waals surface area contributed by atoms with Gasteiger partial charge in [0.2, 0.25) is 5.91 Å². The first-order valence-corrected chi connectivity index (χ1v) is 10.6. The maximum absolute atomic E-state index is 12.4. The van der Waals surface area contributed by atoms with E-state index in [1.165, 1.54) is 0 Å². The van der Waals surface area contributed by atoms with Crippen LogP contribution in [0.5, 0.6) is 0 Å². The first kappa shape index (κ1) is 22.3. The van der Waals surface area contributed by atoms with Crippen LogP contribution < -0.4 is 10.6 Å². The van der Waals surface area contributed by atoms with Crippen LogP contribution in [0, 0.1) is 5.92 Å².